The van der Waals surface area contributed by atoms with Crippen LogP contribution in [0.5, 0.6) is 0 Å². The smallest absolute Gasteiger partial charge is 0 e. The van der Waals surface area contributed by atoms with E-state index in [1.807, 2.05) is 0 Å². The SMILES string of the molecule is C.[B].[Ce].[Ti]. The molecule has 0 aromatic rings. The van der Waals surface area contributed by atoms with Crippen LogP contribution < -0.4 is 0 Å². The average molecular weight is 215 g/mol. The summed E-state index contributed by atoms with van der Waals surface area (Å²) in [5, 5.41) is 0. The fraction of sp³-hybridized carbons (Fsp3) is 1.00. The van der Waals surface area contributed by atoms with Crippen molar-refractivity contribution < 1.29 is 63.5 Å². The molecule has 3 radical (unpaired) electrons. The molecule has 0 bridgehead atoms. The second-order valence-corrected chi connectivity index (χ2v) is 0. The van der Waals surface area contributed by atoms with E-state index >= 15 is 0 Å². The van der Waals surface area contributed by atoms with Gasteiger partial charge in [0, 0.05) is 71.9 Å². The van der Waals surface area contributed by atoms with Crippen molar-refractivity contribution in [3.63, 3.8) is 0 Å². The molecule has 0 unspecified atom stereocenters. The van der Waals surface area contributed by atoms with E-state index in [0.717, 1.165) is 0 Å². The Hall–Kier alpha value is 2.16. The molecule has 0 aromatic carbocycles. The van der Waals surface area contributed by atoms with Gasteiger partial charge in [-0.25, -0.2) is 0 Å². The third kappa shape index (κ3) is 8.91. The second-order valence-electron chi connectivity index (χ2n) is 0. The van der Waals surface area contributed by atoms with Gasteiger partial charge in [-0.2, -0.15) is 0 Å². The van der Waals surface area contributed by atoms with Gasteiger partial charge in [0.25, 0.3) is 0 Å². The van der Waals surface area contributed by atoms with Crippen molar-refractivity contribution in [1.29, 1.82) is 0 Å². The molecule has 0 nitrogen and oxygen atoms in total. The predicted octanol–water partition coefficient (Wildman–Crippen LogP) is 0.253. The maximum absolute atomic E-state index is 0. The van der Waals surface area contributed by atoms with E-state index < -0.39 is 0 Å². The van der Waals surface area contributed by atoms with Crippen LogP contribution >= 0.6 is 0 Å². The first-order valence-electron chi connectivity index (χ1n) is 0. The van der Waals surface area contributed by atoms with Gasteiger partial charge >= 0.3 is 0 Å². The van der Waals surface area contributed by atoms with Crippen molar-refractivity contribution in [3.8, 4) is 0 Å². The molecule has 0 fully saturated rings. The summed E-state index contributed by atoms with van der Waals surface area (Å²) in [6.07, 6.45) is 0. The number of rotatable bonds is 0. The summed E-state index contributed by atoms with van der Waals surface area (Å²) in [6.45, 7) is 0. The van der Waals surface area contributed by atoms with E-state index in [1.54, 1.807) is 0 Å². The van der Waals surface area contributed by atoms with Gasteiger partial charge in [0.15, 0.2) is 0 Å². The topological polar surface area (TPSA) is 0 Å². The van der Waals surface area contributed by atoms with E-state index in [9.17, 15) is 0 Å². The molecular formula is CH4BCeTi. The van der Waals surface area contributed by atoms with E-state index in [2.05, 4.69) is 0 Å². The molecule has 3 heteroatoms. The summed E-state index contributed by atoms with van der Waals surface area (Å²) >= 11 is 0. The first kappa shape index (κ1) is 35.2. The van der Waals surface area contributed by atoms with E-state index in [1.165, 1.54) is 0 Å². The molecule has 0 rings (SSSR count). The zero-order valence-electron chi connectivity index (χ0n) is 1.58. The van der Waals surface area contributed by atoms with Gasteiger partial charge in [0.1, 0.15) is 0 Å². The molecule has 0 aromatic heterocycles. The van der Waals surface area contributed by atoms with E-state index in [4.69, 9.17) is 0 Å². The Morgan fingerprint density at radius 1 is 1.00 bits per heavy atom. The van der Waals surface area contributed by atoms with Gasteiger partial charge in [-0.15, -0.1) is 0 Å². The molecule has 0 atom stereocenters. The van der Waals surface area contributed by atoms with Crippen molar-refractivity contribution in [3.05, 3.63) is 0 Å². The Bertz CT molecular complexity index is 8.00. The van der Waals surface area contributed by atoms with Crippen LogP contribution in [0.15, 0.2) is 0 Å². The Labute approximate surface area is 78.0 Å². The number of hydrogen-bond donors (Lipinski definition) is 0. The Morgan fingerprint density at radius 3 is 1.00 bits per heavy atom. The monoisotopic (exact) mass is 215 g/mol. The summed E-state index contributed by atoms with van der Waals surface area (Å²) in [6, 6.07) is 0. The van der Waals surface area contributed by atoms with Crippen molar-refractivity contribution in [2.24, 2.45) is 0 Å². The minimum absolute atomic E-state index is 0. The largest absolute Gasteiger partial charge is 0.0776 e. The van der Waals surface area contributed by atoms with Gasteiger partial charge in [-0.3, -0.25) is 0 Å². The van der Waals surface area contributed by atoms with Crippen LogP contribution in [0.25, 0.3) is 0 Å². The standard InChI is InChI=1S/CH4.B.Ce.Ti/h1H4;;;. The molecule has 19 valence electrons. The quantitative estimate of drug-likeness (QED) is 0.508. The zero-order chi connectivity index (χ0) is 0. The molecule has 0 saturated carbocycles. The summed E-state index contributed by atoms with van der Waals surface area (Å²) in [5.74, 6) is 0. The Kier molecular flexibility index (Phi) is 169. The third-order valence-corrected chi connectivity index (χ3v) is 0. The summed E-state index contributed by atoms with van der Waals surface area (Å²) < 4.78 is 0. The van der Waals surface area contributed by atoms with Gasteiger partial charge in [0.2, 0.25) is 0 Å². The molecule has 0 heterocycles. The molecule has 4 heavy (non-hydrogen) atoms. The predicted molar refractivity (Wildman–Crippen MR) is 12.5 cm³/mol. The minimum Gasteiger partial charge on any atom is -0.0776 e. The molecule has 0 amide bonds. The van der Waals surface area contributed by atoms with Gasteiger partial charge in [-0.05, 0) is 0 Å². The fourth-order valence-corrected chi connectivity index (χ4v) is 0. The Balaban J connectivity index is 0. The van der Waals surface area contributed by atoms with Crippen LogP contribution in [0.4, 0.5) is 0 Å². The average Bonchev–Trinajstić information content (AvgIpc) is 0. The van der Waals surface area contributed by atoms with Crippen LogP contribution in [0.2, 0.25) is 0 Å². The maximum Gasteiger partial charge on any atom is 0 e. The molecule has 0 aliphatic heterocycles. The Morgan fingerprint density at radius 2 is 1.00 bits per heavy atom. The maximum atomic E-state index is 0. The van der Waals surface area contributed by atoms with Crippen molar-refractivity contribution >= 4 is 8.41 Å². The van der Waals surface area contributed by atoms with Crippen LogP contribution in [-0.4, -0.2) is 8.41 Å². The van der Waals surface area contributed by atoms with Gasteiger partial charge in [-0.1, -0.05) is 7.43 Å². The molecule has 0 N–H and O–H groups in total. The van der Waals surface area contributed by atoms with Crippen LogP contribution in [0.3, 0.4) is 0 Å². The number of hydrogen-bond acceptors (Lipinski definition) is 0. The second kappa shape index (κ2) is 19.2. The molecule has 0 aliphatic carbocycles. The fourth-order valence-electron chi connectivity index (χ4n) is 0. The van der Waals surface area contributed by atoms with Crippen LogP contribution in [0, 0.1) is 41.7 Å². The van der Waals surface area contributed by atoms with E-state index in [-0.39, 0.29) is 79.3 Å². The van der Waals surface area contributed by atoms with Crippen LogP contribution in [-0.2, 0) is 21.7 Å². The van der Waals surface area contributed by atoms with Crippen LogP contribution in [0.1, 0.15) is 7.43 Å². The third-order valence-electron chi connectivity index (χ3n) is 0. The summed E-state index contributed by atoms with van der Waals surface area (Å²) in [5.41, 5.74) is 0. The van der Waals surface area contributed by atoms with E-state index in [0.29, 0.717) is 0 Å². The molecule has 0 aliphatic rings. The zero-order valence-corrected chi connectivity index (χ0v) is 6.28. The molecular weight excluding hydrogens is 211 g/mol. The van der Waals surface area contributed by atoms with Crippen molar-refractivity contribution in [2.45, 2.75) is 7.43 Å². The van der Waals surface area contributed by atoms with Gasteiger partial charge in [0.05, 0.1) is 0 Å². The first-order chi connectivity index (χ1) is 0. The van der Waals surface area contributed by atoms with Gasteiger partial charge < -0.3 is 0 Å². The molecule has 0 spiro atoms. The summed E-state index contributed by atoms with van der Waals surface area (Å²) in [7, 11) is 0. The normalized spacial score (nSPS) is 0. The first-order valence-corrected chi connectivity index (χ1v) is 0. The summed E-state index contributed by atoms with van der Waals surface area (Å²) in [4.78, 5) is 0. The van der Waals surface area contributed by atoms with Crippen molar-refractivity contribution in [2.75, 3.05) is 0 Å². The molecule has 0 saturated heterocycles. The van der Waals surface area contributed by atoms with Crippen molar-refractivity contribution in [1.82, 2.24) is 0 Å². The minimum atomic E-state index is 0.